The fourth-order valence-corrected chi connectivity index (χ4v) is 6.68. The van der Waals surface area contributed by atoms with Crippen LogP contribution in [0.1, 0.15) is 85.5 Å². The number of hydrogen-bond donors (Lipinski definition) is 3. The zero-order valence-corrected chi connectivity index (χ0v) is 20.8. The molecule has 3 aliphatic carbocycles. The van der Waals surface area contributed by atoms with E-state index in [-0.39, 0.29) is 0 Å². The third kappa shape index (κ3) is 5.41. The van der Waals surface area contributed by atoms with E-state index in [4.69, 9.17) is 4.74 Å². The molecule has 6 atom stereocenters. The summed E-state index contributed by atoms with van der Waals surface area (Å²) >= 11 is 0. The molecule has 32 heavy (non-hydrogen) atoms. The smallest absolute Gasteiger partial charge is 0.0874 e. The van der Waals surface area contributed by atoms with Gasteiger partial charge < -0.3 is 20.1 Å². The summed E-state index contributed by atoms with van der Waals surface area (Å²) in [5.41, 5.74) is 2.88. The van der Waals surface area contributed by atoms with E-state index in [1.54, 1.807) is 0 Å². The Kier molecular flexibility index (Phi) is 8.46. The predicted octanol–water partition coefficient (Wildman–Crippen LogP) is 5.33. The number of rotatable bonds is 8. The van der Waals surface area contributed by atoms with E-state index in [2.05, 4.69) is 32.6 Å². The summed E-state index contributed by atoms with van der Waals surface area (Å²) in [4.78, 5) is 0. The van der Waals surface area contributed by atoms with Crippen LogP contribution in [-0.2, 0) is 4.74 Å². The van der Waals surface area contributed by atoms with Gasteiger partial charge in [0.25, 0.3) is 0 Å². The topological polar surface area (TPSA) is 69.9 Å². The second-order valence-corrected chi connectivity index (χ2v) is 11.1. The molecule has 0 bridgehead atoms. The third-order valence-electron chi connectivity index (χ3n) is 9.06. The van der Waals surface area contributed by atoms with Crippen molar-refractivity contribution in [3.05, 3.63) is 35.5 Å². The van der Waals surface area contributed by atoms with Crippen molar-refractivity contribution in [3.8, 4) is 0 Å². The van der Waals surface area contributed by atoms with Gasteiger partial charge in [-0.3, -0.25) is 0 Å². The highest BCUT2D eigenvalue weighted by Gasteiger charge is 2.50. The van der Waals surface area contributed by atoms with E-state index in [1.807, 2.05) is 13.8 Å². The number of fused-ring (bicyclic) bond motifs is 1. The predicted molar refractivity (Wildman–Crippen MR) is 130 cm³/mol. The molecule has 0 aromatic heterocycles. The average molecular weight is 447 g/mol. The number of aliphatic hydroxyl groups excluding tert-OH is 2. The van der Waals surface area contributed by atoms with E-state index < -0.39 is 17.8 Å². The van der Waals surface area contributed by atoms with Crippen molar-refractivity contribution < 1.29 is 20.1 Å². The summed E-state index contributed by atoms with van der Waals surface area (Å²) in [7, 11) is 0. The molecular weight excluding hydrogens is 400 g/mol. The van der Waals surface area contributed by atoms with Gasteiger partial charge in [0.1, 0.15) is 0 Å². The molecule has 0 spiro atoms. The molecule has 0 amide bonds. The molecule has 0 unspecified atom stereocenters. The Morgan fingerprint density at radius 1 is 1.22 bits per heavy atom. The number of hydrogen-bond acceptors (Lipinski definition) is 4. The number of ether oxygens (including phenoxy) is 1. The van der Waals surface area contributed by atoms with Gasteiger partial charge in [0.05, 0.1) is 24.4 Å². The summed E-state index contributed by atoms with van der Waals surface area (Å²) in [5, 5.41) is 30.7. The standard InChI is InChI=1S/C28H46O4/c1-6-28(31,7-2)18-32-17-19(3)24-12-13-25-21(9-8-14-27(24,25)5)10-11-22-15-23(29)16-26(30)20(22)4/h10-11,19,23-26,29-31H,4,6-9,12-18H2,1-3,5H3/b21-10+,22-11-/t19-,23-,24-,25+,26+,27-/m1/s1. The number of allylic oxidation sites excluding steroid dienone is 3. The zero-order chi connectivity index (χ0) is 23.5. The minimum atomic E-state index is -0.694. The van der Waals surface area contributed by atoms with Gasteiger partial charge in [-0.05, 0) is 85.7 Å². The molecule has 0 aliphatic heterocycles. The molecule has 3 rings (SSSR count). The molecule has 3 fully saturated rings. The van der Waals surface area contributed by atoms with Crippen LogP contribution in [0.15, 0.2) is 35.5 Å². The van der Waals surface area contributed by atoms with E-state index in [0.29, 0.717) is 49.2 Å². The highest BCUT2D eigenvalue weighted by molar-refractivity contribution is 5.38. The molecular formula is C28H46O4. The van der Waals surface area contributed by atoms with Gasteiger partial charge in [-0.2, -0.15) is 0 Å². The highest BCUT2D eigenvalue weighted by Crippen LogP contribution is 2.59. The zero-order valence-electron chi connectivity index (χ0n) is 20.8. The van der Waals surface area contributed by atoms with Crippen LogP contribution >= 0.6 is 0 Å². The lowest BCUT2D eigenvalue weighted by Crippen LogP contribution is -2.38. The first-order chi connectivity index (χ1) is 15.1. The molecule has 0 saturated heterocycles. The summed E-state index contributed by atoms with van der Waals surface area (Å²) < 4.78 is 6.03. The maximum Gasteiger partial charge on any atom is 0.0874 e. The molecule has 0 heterocycles. The third-order valence-corrected chi connectivity index (χ3v) is 9.06. The fraction of sp³-hybridized carbons (Fsp3) is 0.786. The first-order valence-electron chi connectivity index (χ1n) is 12.9. The van der Waals surface area contributed by atoms with E-state index in [9.17, 15) is 15.3 Å². The first-order valence-corrected chi connectivity index (χ1v) is 12.9. The van der Waals surface area contributed by atoms with Gasteiger partial charge in [-0.25, -0.2) is 0 Å². The Hall–Kier alpha value is -0.940. The molecule has 3 N–H and O–H groups in total. The molecule has 3 aliphatic rings. The van der Waals surface area contributed by atoms with Crippen LogP contribution < -0.4 is 0 Å². The molecule has 0 aromatic rings. The van der Waals surface area contributed by atoms with Crippen LogP contribution in [0.5, 0.6) is 0 Å². The quantitative estimate of drug-likeness (QED) is 0.471. The van der Waals surface area contributed by atoms with E-state index >= 15 is 0 Å². The van der Waals surface area contributed by atoms with Crippen molar-refractivity contribution in [2.24, 2.45) is 23.2 Å². The van der Waals surface area contributed by atoms with Gasteiger partial charge in [0.15, 0.2) is 0 Å². The van der Waals surface area contributed by atoms with Crippen molar-refractivity contribution in [1.29, 1.82) is 0 Å². The number of aliphatic hydroxyl groups is 3. The lowest BCUT2D eigenvalue weighted by Gasteiger charge is -2.44. The SMILES string of the molecule is C=C1/C(=C\C=C2/CCC[C@]3(C)[C@@H]([C@H](C)COCC(O)(CC)CC)CC[C@@H]23)C[C@@H](O)C[C@@H]1O. The van der Waals surface area contributed by atoms with Crippen molar-refractivity contribution in [2.45, 2.75) is 103 Å². The first kappa shape index (κ1) is 25.7. The van der Waals surface area contributed by atoms with Gasteiger partial charge in [-0.15, -0.1) is 0 Å². The van der Waals surface area contributed by atoms with E-state index in [1.165, 1.54) is 31.3 Å². The minimum Gasteiger partial charge on any atom is -0.393 e. The second-order valence-electron chi connectivity index (χ2n) is 11.1. The van der Waals surface area contributed by atoms with Crippen molar-refractivity contribution in [3.63, 3.8) is 0 Å². The van der Waals surface area contributed by atoms with Gasteiger partial charge in [0.2, 0.25) is 0 Å². The van der Waals surface area contributed by atoms with Crippen LogP contribution in [-0.4, -0.2) is 46.3 Å². The Morgan fingerprint density at radius 3 is 2.62 bits per heavy atom. The highest BCUT2D eigenvalue weighted by atomic mass is 16.5. The largest absolute Gasteiger partial charge is 0.393 e. The van der Waals surface area contributed by atoms with Crippen LogP contribution in [0, 0.1) is 23.2 Å². The van der Waals surface area contributed by atoms with Gasteiger partial charge in [0, 0.05) is 13.0 Å². The summed E-state index contributed by atoms with van der Waals surface area (Å²) in [6.45, 7) is 14.0. The molecule has 3 saturated carbocycles. The molecule has 4 nitrogen and oxygen atoms in total. The minimum absolute atomic E-state index is 0.291. The Bertz CT molecular complexity index is 719. The summed E-state index contributed by atoms with van der Waals surface area (Å²) in [6, 6.07) is 0. The van der Waals surface area contributed by atoms with Crippen LogP contribution in [0.3, 0.4) is 0 Å². The second kappa shape index (κ2) is 10.5. The van der Waals surface area contributed by atoms with Crippen molar-refractivity contribution in [1.82, 2.24) is 0 Å². The van der Waals surface area contributed by atoms with Crippen molar-refractivity contribution in [2.75, 3.05) is 13.2 Å². The van der Waals surface area contributed by atoms with Crippen molar-refractivity contribution >= 4 is 0 Å². The Labute approximate surface area is 195 Å². The monoisotopic (exact) mass is 446 g/mol. The van der Waals surface area contributed by atoms with Crippen LogP contribution in [0.25, 0.3) is 0 Å². The Morgan fingerprint density at radius 2 is 1.94 bits per heavy atom. The molecule has 4 heteroatoms. The van der Waals surface area contributed by atoms with Gasteiger partial charge in [-0.1, -0.05) is 52.0 Å². The Balaban J connectivity index is 1.67. The summed E-state index contributed by atoms with van der Waals surface area (Å²) in [6.07, 6.45) is 11.8. The van der Waals surface area contributed by atoms with E-state index in [0.717, 1.165) is 30.4 Å². The molecule has 182 valence electrons. The maximum atomic E-state index is 10.5. The fourth-order valence-electron chi connectivity index (χ4n) is 6.68. The van der Waals surface area contributed by atoms with Gasteiger partial charge >= 0.3 is 0 Å². The lowest BCUT2D eigenvalue weighted by atomic mass is 9.61. The van der Waals surface area contributed by atoms with Crippen LogP contribution in [0.4, 0.5) is 0 Å². The average Bonchev–Trinajstić information content (AvgIpc) is 3.12. The van der Waals surface area contributed by atoms with Crippen LogP contribution in [0.2, 0.25) is 0 Å². The normalized spacial score (nSPS) is 37.2. The molecule has 0 aromatic carbocycles. The summed E-state index contributed by atoms with van der Waals surface area (Å²) in [5.74, 6) is 1.70. The lowest BCUT2D eigenvalue weighted by molar-refractivity contribution is -0.0663. The maximum absolute atomic E-state index is 10.5. The molecule has 0 radical (unpaired) electrons.